The van der Waals surface area contributed by atoms with Gasteiger partial charge in [0.15, 0.2) is 0 Å². The van der Waals surface area contributed by atoms with Crippen LogP contribution in [0.4, 0.5) is 4.79 Å². The van der Waals surface area contributed by atoms with E-state index in [4.69, 9.17) is 4.74 Å². The van der Waals surface area contributed by atoms with Crippen LogP contribution in [0.25, 0.3) is 0 Å². The summed E-state index contributed by atoms with van der Waals surface area (Å²) in [6.07, 6.45) is -0.238. The Balaban J connectivity index is 4.34. The molecular formula is C13H28N2O2. The number of nitrogens with zero attached hydrogens (tertiary/aromatic N) is 1. The number of ether oxygens (including phenoxy) is 1. The van der Waals surface area contributed by atoms with Crippen molar-refractivity contribution >= 4 is 6.09 Å². The van der Waals surface area contributed by atoms with Gasteiger partial charge in [0.1, 0.15) is 5.60 Å². The van der Waals surface area contributed by atoms with Crippen molar-refractivity contribution in [3.05, 3.63) is 0 Å². The maximum absolute atomic E-state index is 12.0. The van der Waals surface area contributed by atoms with Gasteiger partial charge >= 0.3 is 6.09 Å². The number of carbonyl (C=O) groups is 1. The molecule has 0 aliphatic rings. The minimum Gasteiger partial charge on any atom is -0.444 e. The van der Waals surface area contributed by atoms with Crippen LogP contribution in [0, 0.1) is 0 Å². The van der Waals surface area contributed by atoms with Crippen molar-refractivity contribution in [3.8, 4) is 0 Å². The number of rotatable bonds is 5. The lowest BCUT2D eigenvalue weighted by molar-refractivity contribution is 0.0187. The molecule has 0 aliphatic heterocycles. The summed E-state index contributed by atoms with van der Waals surface area (Å²) in [5.74, 6) is 0. The Morgan fingerprint density at radius 3 is 2.18 bits per heavy atom. The Labute approximate surface area is 106 Å². The van der Waals surface area contributed by atoms with E-state index in [1.807, 2.05) is 34.6 Å². The number of likely N-dealkylation sites (N-methyl/N-ethyl adjacent to an activating group) is 1. The van der Waals surface area contributed by atoms with E-state index >= 15 is 0 Å². The Morgan fingerprint density at radius 1 is 1.29 bits per heavy atom. The van der Waals surface area contributed by atoms with Gasteiger partial charge in [-0.2, -0.15) is 0 Å². The number of amides is 1. The molecule has 0 bridgehead atoms. The predicted molar refractivity (Wildman–Crippen MR) is 71.2 cm³/mol. The fourth-order valence-corrected chi connectivity index (χ4v) is 1.46. The van der Waals surface area contributed by atoms with E-state index < -0.39 is 5.60 Å². The molecule has 0 aliphatic carbocycles. The van der Waals surface area contributed by atoms with Crippen molar-refractivity contribution in [2.45, 2.75) is 66.2 Å². The summed E-state index contributed by atoms with van der Waals surface area (Å²) in [5, 5.41) is 3.33. The number of hydrogen-bond acceptors (Lipinski definition) is 3. The molecule has 0 unspecified atom stereocenters. The van der Waals surface area contributed by atoms with Gasteiger partial charge in [0.25, 0.3) is 0 Å². The zero-order valence-electron chi connectivity index (χ0n) is 12.3. The summed E-state index contributed by atoms with van der Waals surface area (Å²) in [5.41, 5.74) is -0.435. The summed E-state index contributed by atoms with van der Waals surface area (Å²) >= 11 is 0. The Hall–Kier alpha value is -0.770. The maximum atomic E-state index is 12.0. The Bertz CT molecular complexity index is 234. The molecule has 0 saturated heterocycles. The summed E-state index contributed by atoms with van der Waals surface area (Å²) in [6, 6.07) is 0.562. The summed E-state index contributed by atoms with van der Waals surface area (Å²) in [6.45, 7) is 15.3. The molecule has 0 aromatic heterocycles. The zero-order chi connectivity index (χ0) is 13.6. The van der Waals surface area contributed by atoms with Gasteiger partial charge in [0, 0.05) is 25.2 Å². The van der Waals surface area contributed by atoms with Crippen molar-refractivity contribution in [1.82, 2.24) is 10.2 Å². The van der Waals surface area contributed by atoms with Crippen LogP contribution >= 0.6 is 0 Å². The second-order valence-corrected chi connectivity index (χ2v) is 5.68. The normalized spacial score (nSPS) is 13.6. The van der Waals surface area contributed by atoms with Gasteiger partial charge in [-0.3, -0.25) is 0 Å². The highest BCUT2D eigenvalue weighted by atomic mass is 16.6. The average molecular weight is 244 g/mol. The molecule has 17 heavy (non-hydrogen) atoms. The van der Waals surface area contributed by atoms with E-state index in [0.29, 0.717) is 12.6 Å². The molecule has 4 nitrogen and oxygen atoms in total. The van der Waals surface area contributed by atoms with Crippen LogP contribution < -0.4 is 5.32 Å². The van der Waals surface area contributed by atoms with E-state index in [-0.39, 0.29) is 12.1 Å². The molecule has 4 heteroatoms. The average Bonchev–Trinajstić information content (AvgIpc) is 2.12. The molecule has 0 radical (unpaired) electrons. The minimum absolute atomic E-state index is 0.136. The molecule has 0 fully saturated rings. The van der Waals surface area contributed by atoms with E-state index in [1.54, 1.807) is 4.90 Å². The van der Waals surface area contributed by atoms with Crippen LogP contribution in [0.1, 0.15) is 48.5 Å². The maximum Gasteiger partial charge on any atom is 0.410 e. The van der Waals surface area contributed by atoms with Crippen LogP contribution in [0.3, 0.4) is 0 Å². The van der Waals surface area contributed by atoms with Gasteiger partial charge in [0.05, 0.1) is 0 Å². The van der Waals surface area contributed by atoms with Crippen molar-refractivity contribution in [1.29, 1.82) is 0 Å². The molecule has 102 valence electrons. The van der Waals surface area contributed by atoms with Crippen molar-refractivity contribution < 1.29 is 9.53 Å². The summed E-state index contributed by atoms with van der Waals surface area (Å²) < 4.78 is 5.38. The van der Waals surface area contributed by atoms with Gasteiger partial charge in [-0.05, 0) is 34.6 Å². The van der Waals surface area contributed by atoms with Crippen molar-refractivity contribution in [2.75, 3.05) is 13.1 Å². The lowest BCUT2D eigenvalue weighted by Gasteiger charge is -2.31. The second-order valence-electron chi connectivity index (χ2n) is 5.68. The van der Waals surface area contributed by atoms with Gasteiger partial charge in [-0.1, -0.05) is 13.8 Å². The van der Waals surface area contributed by atoms with Crippen LogP contribution in [0.2, 0.25) is 0 Å². The van der Waals surface area contributed by atoms with Crippen molar-refractivity contribution in [2.24, 2.45) is 0 Å². The lowest BCUT2D eigenvalue weighted by atomic mass is 10.2. The van der Waals surface area contributed by atoms with Crippen LogP contribution in [0.5, 0.6) is 0 Å². The smallest absolute Gasteiger partial charge is 0.410 e. The fraction of sp³-hybridized carbons (Fsp3) is 0.923. The molecule has 1 N–H and O–H groups in total. The SMILES string of the molecule is CCN(C(=O)OC(C)(C)C)[C@@H](C)CNC(C)C. The van der Waals surface area contributed by atoms with E-state index in [2.05, 4.69) is 19.2 Å². The molecule has 0 spiro atoms. The Morgan fingerprint density at radius 2 is 1.82 bits per heavy atom. The first-order valence-corrected chi connectivity index (χ1v) is 6.40. The van der Waals surface area contributed by atoms with Crippen LogP contribution in [0.15, 0.2) is 0 Å². The number of carbonyl (C=O) groups excluding carboxylic acids is 1. The molecule has 1 atom stereocenters. The Kier molecular flexibility index (Phi) is 6.53. The zero-order valence-corrected chi connectivity index (χ0v) is 12.3. The molecular weight excluding hydrogens is 216 g/mol. The summed E-state index contributed by atoms with van der Waals surface area (Å²) in [7, 11) is 0. The third-order valence-corrected chi connectivity index (χ3v) is 2.32. The highest BCUT2D eigenvalue weighted by Gasteiger charge is 2.24. The third-order valence-electron chi connectivity index (χ3n) is 2.32. The molecule has 1 amide bonds. The predicted octanol–water partition coefficient (Wildman–Crippen LogP) is 2.63. The van der Waals surface area contributed by atoms with E-state index in [9.17, 15) is 4.79 Å². The third kappa shape index (κ3) is 7.21. The first kappa shape index (κ1) is 16.2. The standard InChI is InChI=1S/C13H28N2O2/c1-8-15(11(4)9-14-10(2)3)12(16)17-13(5,6)7/h10-11,14H,8-9H2,1-7H3/t11-/m0/s1. The molecule has 0 rings (SSSR count). The van der Waals surface area contributed by atoms with Gasteiger partial charge < -0.3 is 15.0 Å². The number of nitrogens with one attached hydrogen (secondary N) is 1. The van der Waals surface area contributed by atoms with Crippen LogP contribution in [-0.4, -0.2) is 41.8 Å². The highest BCUT2D eigenvalue weighted by Crippen LogP contribution is 2.11. The van der Waals surface area contributed by atoms with Crippen LogP contribution in [-0.2, 0) is 4.74 Å². The van der Waals surface area contributed by atoms with Crippen molar-refractivity contribution in [3.63, 3.8) is 0 Å². The van der Waals surface area contributed by atoms with Gasteiger partial charge in [-0.15, -0.1) is 0 Å². The fourth-order valence-electron chi connectivity index (χ4n) is 1.46. The van der Waals surface area contributed by atoms with E-state index in [0.717, 1.165) is 6.54 Å². The molecule has 0 heterocycles. The monoisotopic (exact) mass is 244 g/mol. The minimum atomic E-state index is -0.435. The van der Waals surface area contributed by atoms with Gasteiger partial charge in [0.2, 0.25) is 0 Å². The quantitative estimate of drug-likeness (QED) is 0.808. The first-order valence-electron chi connectivity index (χ1n) is 6.40. The van der Waals surface area contributed by atoms with E-state index in [1.165, 1.54) is 0 Å². The highest BCUT2D eigenvalue weighted by molar-refractivity contribution is 5.68. The van der Waals surface area contributed by atoms with Gasteiger partial charge in [-0.25, -0.2) is 4.79 Å². The largest absolute Gasteiger partial charge is 0.444 e. The first-order chi connectivity index (χ1) is 7.67. The number of hydrogen-bond donors (Lipinski definition) is 1. The topological polar surface area (TPSA) is 41.6 Å². The summed E-state index contributed by atoms with van der Waals surface area (Å²) in [4.78, 5) is 13.7. The molecule has 0 saturated carbocycles. The second kappa shape index (κ2) is 6.84. The molecule has 0 aromatic carbocycles. The lowest BCUT2D eigenvalue weighted by Crippen LogP contribution is -2.47. The molecule has 0 aromatic rings.